The number of rotatable bonds is 8. The van der Waals surface area contributed by atoms with Crippen LogP contribution in [-0.4, -0.2) is 93.6 Å². The molecule has 2 aliphatic rings. The molecule has 0 bridgehead atoms. The number of methoxy groups -OCH3 is 2. The second-order valence-electron chi connectivity index (χ2n) is 10.1. The van der Waals surface area contributed by atoms with E-state index in [1.54, 1.807) is 0 Å². The van der Waals surface area contributed by atoms with E-state index in [0.717, 1.165) is 6.07 Å². The average Bonchev–Trinajstić information content (AvgIpc) is 3.44. The number of aliphatic hydroxyl groups excluding tert-OH is 3. The van der Waals surface area contributed by atoms with Crippen LogP contribution >= 0.6 is 23.2 Å². The molecule has 3 aromatic rings. The van der Waals surface area contributed by atoms with Gasteiger partial charge in [-0.2, -0.15) is 4.39 Å². The van der Waals surface area contributed by atoms with Crippen LogP contribution in [-0.2, 0) is 14.3 Å². The number of carbonyl (C=O) groups excluding carboxylic acids is 1. The minimum absolute atomic E-state index is 0.108. The van der Waals surface area contributed by atoms with Crippen molar-refractivity contribution in [3.05, 3.63) is 58.2 Å². The van der Waals surface area contributed by atoms with Gasteiger partial charge in [0.1, 0.15) is 30.0 Å². The van der Waals surface area contributed by atoms with E-state index in [9.17, 15) is 28.9 Å². The van der Waals surface area contributed by atoms with Gasteiger partial charge in [-0.15, -0.1) is 5.10 Å². The van der Waals surface area contributed by atoms with Crippen molar-refractivity contribution in [2.24, 2.45) is 0 Å². The van der Waals surface area contributed by atoms with Crippen molar-refractivity contribution in [1.82, 2.24) is 15.0 Å². The van der Waals surface area contributed by atoms with Gasteiger partial charge < -0.3 is 34.4 Å². The smallest absolute Gasteiger partial charge is 0.259 e. The molecule has 1 saturated carbocycles. The van der Waals surface area contributed by atoms with E-state index in [4.69, 9.17) is 37.4 Å². The van der Waals surface area contributed by atoms with E-state index in [1.807, 2.05) is 0 Å². The highest BCUT2D eigenvalue weighted by atomic mass is 35.5. The zero-order valence-corrected chi connectivity index (χ0v) is 23.9. The molecule has 42 heavy (non-hydrogen) atoms. The van der Waals surface area contributed by atoms with Gasteiger partial charge in [0.05, 0.1) is 32.1 Å². The molecule has 1 aliphatic carbocycles. The predicted octanol–water partition coefficient (Wildman–Crippen LogP) is 2.77. The number of halogens is 4. The van der Waals surface area contributed by atoms with Crippen LogP contribution in [0.3, 0.4) is 0 Å². The zero-order valence-electron chi connectivity index (χ0n) is 22.4. The minimum Gasteiger partial charge on any atom is -0.494 e. The largest absolute Gasteiger partial charge is 0.494 e. The Morgan fingerprint density at radius 2 is 1.86 bits per heavy atom. The van der Waals surface area contributed by atoms with Gasteiger partial charge >= 0.3 is 0 Å². The fourth-order valence-corrected chi connectivity index (χ4v) is 5.85. The number of ether oxygens (including phenoxy) is 3. The monoisotopic (exact) mass is 628 g/mol. The summed E-state index contributed by atoms with van der Waals surface area (Å²) in [5.41, 5.74) is 0.567. The topological polar surface area (TPSA) is 139 Å². The molecule has 0 unspecified atom stereocenters. The van der Waals surface area contributed by atoms with Crippen molar-refractivity contribution in [2.45, 2.75) is 55.4 Å². The molecule has 2 heterocycles. The second-order valence-corrected chi connectivity index (χ2v) is 10.9. The molecule has 3 N–H and O–H groups in total. The standard InChI is InChI=1S/C27H28Cl2F2N4O7/c1-40-20-6-12(5-16(30)22(20)31)17-10-34(33-32-17)23-24(38)21(11-36)42-26(25(23)41-2)27(39)35(18-3-4-19(18)37)15-8-13(28)7-14(29)9-15/h5-10,18-19,21,23-26,36-38H,3-4,11H2,1-2H3/t18-,19-,21+,23-,24-,25+,26+/m0/s1. The van der Waals surface area contributed by atoms with E-state index >= 15 is 0 Å². The number of nitrogens with zero attached hydrogens (tertiary/aromatic N) is 4. The van der Waals surface area contributed by atoms with E-state index in [1.165, 1.54) is 54.3 Å². The summed E-state index contributed by atoms with van der Waals surface area (Å²) in [5.74, 6) is -3.30. The Morgan fingerprint density at radius 3 is 2.43 bits per heavy atom. The molecule has 0 radical (unpaired) electrons. The van der Waals surface area contributed by atoms with Crippen molar-refractivity contribution in [3.63, 3.8) is 0 Å². The third-order valence-corrected chi connectivity index (χ3v) is 8.04. The zero-order chi connectivity index (χ0) is 30.3. The average molecular weight is 629 g/mol. The molecule has 1 amide bonds. The highest BCUT2D eigenvalue weighted by molar-refractivity contribution is 6.35. The molecule has 11 nitrogen and oxygen atoms in total. The highest BCUT2D eigenvalue weighted by Crippen LogP contribution is 2.38. The summed E-state index contributed by atoms with van der Waals surface area (Å²) in [7, 11) is 2.50. The van der Waals surface area contributed by atoms with Crippen LogP contribution in [0.2, 0.25) is 10.0 Å². The normalized spacial score (nSPS) is 27.4. The minimum atomic E-state index is -1.43. The van der Waals surface area contributed by atoms with Crippen molar-refractivity contribution >= 4 is 34.8 Å². The van der Waals surface area contributed by atoms with Crippen LogP contribution < -0.4 is 9.64 Å². The molecule has 1 saturated heterocycles. The lowest BCUT2D eigenvalue weighted by molar-refractivity contribution is -0.211. The fourth-order valence-electron chi connectivity index (χ4n) is 5.34. The van der Waals surface area contributed by atoms with Gasteiger partial charge in [0, 0.05) is 28.4 Å². The number of benzene rings is 2. The summed E-state index contributed by atoms with van der Waals surface area (Å²) < 4.78 is 45.9. The summed E-state index contributed by atoms with van der Waals surface area (Å²) in [6, 6.07) is 4.96. The van der Waals surface area contributed by atoms with Crippen LogP contribution in [0, 0.1) is 11.6 Å². The lowest BCUT2D eigenvalue weighted by Crippen LogP contribution is -2.64. The number of hydrogen-bond acceptors (Lipinski definition) is 9. The molecule has 2 fully saturated rings. The van der Waals surface area contributed by atoms with Gasteiger partial charge in [-0.1, -0.05) is 28.4 Å². The Bertz CT molecular complexity index is 1440. The number of hydrogen-bond donors (Lipinski definition) is 3. The molecule has 1 aromatic heterocycles. The number of amides is 1. The number of carbonyl (C=O) groups is 1. The number of anilines is 1. The SMILES string of the molecule is COc1cc(-c2cn([C@H]3[C@@H](O)[C@@H](CO)O[C@@H](C(=O)N(c4cc(Cl)cc(Cl)c4)[C@H]4CC[C@@H]4O)[C@@H]3OC)nn2)cc(F)c1F. The first kappa shape index (κ1) is 30.5. The van der Waals surface area contributed by atoms with Gasteiger partial charge in [0.2, 0.25) is 5.82 Å². The highest BCUT2D eigenvalue weighted by Gasteiger charge is 2.52. The molecule has 7 atom stereocenters. The maximum atomic E-state index is 14.2. The van der Waals surface area contributed by atoms with Crippen LogP contribution in [0.4, 0.5) is 14.5 Å². The molecule has 0 spiro atoms. The lowest BCUT2D eigenvalue weighted by atomic mass is 9.85. The second kappa shape index (κ2) is 12.4. The van der Waals surface area contributed by atoms with Gasteiger partial charge in [0.25, 0.3) is 5.91 Å². The molecular formula is C27H28Cl2F2N4O7. The van der Waals surface area contributed by atoms with E-state index < -0.39 is 66.8 Å². The van der Waals surface area contributed by atoms with Gasteiger partial charge in [0.15, 0.2) is 17.7 Å². The third-order valence-electron chi connectivity index (χ3n) is 7.61. The van der Waals surface area contributed by atoms with Crippen LogP contribution in [0.5, 0.6) is 5.75 Å². The fraction of sp³-hybridized carbons (Fsp3) is 0.444. The van der Waals surface area contributed by atoms with Crippen LogP contribution in [0.15, 0.2) is 36.5 Å². The first-order valence-electron chi connectivity index (χ1n) is 13.0. The molecule has 15 heteroatoms. The van der Waals surface area contributed by atoms with Crippen molar-refractivity contribution < 1.29 is 43.1 Å². The molecule has 1 aliphatic heterocycles. The van der Waals surface area contributed by atoms with Crippen molar-refractivity contribution in [3.8, 4) is 17.0 Å². The van der Waals surface area contributed by atoms with Gasteiger partial charge in [-0.05, 0) is 43.2 Å². The van der Waals surface area contributed by atoms with Crippen LogP contribution in [0.1, 0.15) is 18.9 Å². The molecule has 5 rings (SSSR count). The Labute approximate surface area is 249 Å². The first-order chi connectivity index (χ1) is 20.1. The Balaban J connectivity index is 1.53. The molecule has 226 valence electrons. The quantitative estimate of drug-likeness (QED) is 0.343. The van der Waals surface area contributed by atoms with Crippen molar-refractivity contribution in [1.29, 1.82) is 0 Å². The maximum absolute atomic E-state index is 14.2. The van der Waals surface area contributed by atoms with Crippen LogP contribution in [0.25, 0.3) is 11.3 Å². The van der Waals surface area contributed by atoms with E-state index in [2.05, 4.69) is 10.3 Å². The van der Waals surface area contributed by atoms with Gasteiger partial charge in [-0.25, -0.2) is 9.07 Å². The molecular weight excluding hydrogens is 601 g/mol. The summed E-state index contributed by atoms with van der Waals surface area (Å²) in [6.45, 7) is -0.658. The Morgan fingerprint density at radius 1 is 1.14 bits per heavy atom. The summed E-state index contributed by atoms with van der Waals surface area (Å²) >= 11 is 12.4. The maximum Gasteiger partial charge on any atom is 0.259 e. The summed E-state index contributed by atoms with van der Waals surface area (Å²) in [6.07, 6.45) is -3.76. The summed E-state index contributed by atoms with van der Waals surface area (Å²) in [5, 5.41) is 40.4. The summed E-state index contributed by atoms with van der Waals surface area (Å²) in [4.78, 5) is 15.5. The lowest BCUT2D eigenvalue weighted by Gasteiger charge is -2.47. The Kier molecular flexibility index (Phi) is 8.99. The first-order valence-corrected chi connectivity index (χ1v) is 13.7. The number of aromatic nitrogens is 3. The third kappa shape index (κ3) is 5.57. The Hall–Kier alpha value is -2.91. The van der Waals surface area contributed by atoms with Crippen molar-refractivity contribution in [2.75, 3.05) is 25.7 Å². The molecule has 2 aromatic carbocycles. The van der Waals surface area contributed by atoms with Gasteiger partial charge in [-0.3, -0.25) is 4.79 Å². The van der Waals surface area contributed by atoms with E-state index in [-0.39, 0.29) is 27.1 Å². The predicted molar refractivity (Wildman–Crippen MR) is 146 cm³/mol. The van der Waals surface area contributed by atoms with E-state index in [0.29, 0.717) is 18.5 Å². The number of aliphatic hydroxyl groups is 3.